The molecule has 0 saturated heterocycles. The first-order valence-electron chi connectivity index (χ1n) is 2.32. The Labute approximate surface area is 58.1 Å². The average molecular weight is 211 g/mol. The molecule has 0 saturated carbocycles. The van der Waals surface area contributed by atoms with Gasteiger partial charge in [-0.2, -0.15) is 0 Å². The molecule has 0 aromatic rings. The van der Waals surface area contributed by atoms with Crippen LogP contribution in [0.1, 0.15) is 13.3 Å². The second kappa shape index (κ2) is 4.59. The second-order valence-corrected chi connectivity index (χ2v) is 2.66. The van der Waals surface area contributed by atoms with Crippen molar-refractivity contribution in [2.24, 2.45) is 5.73 Å². The number of allylic oxidation sites excluding steroid dienone is 1. The quantitative estimate of drug-likeness (QED) is 0.690. The molecule has 42 valence electrons. The highest BCUT2D eigenvalue weighted by molar-refractivity contribution is 14.1. The summed E-state index contributed by atoms with van der Waals surface area (Å²) in [6.07, 6.45) is 3.10. The van der Waals surface area contributed by atoms with Gasteiger partial charge in [-0.15, -0.1) is 0 Å². The van der Waals surface area contributed by atoms with Crippen molar-refractivity contribution in [3.05, 3.63) is 9.66 Å². The van der Waals surface area contributed by atoms with Gasteiger partial charge in [-0.25, -0.2) is 0 Å². The van der Waals surface area contributed by atoms with Gasteiger partial charge in [0.15, 0.2) is 0 Å². The van der Waals surface area contributed by atoms with E-state index in [0.717, 1.165) is 13.0 Å². The van der Waals surface area contributed by atoms with Gasteiger partial charge < -0.3 is 5.73 Å². The van der Waals surface area contributed by atoms with Crippen molar-refractivity contribution in [1.82, 2.24) is 0 Å². The predicted octanol–water partition coefficient (Wildman–Crippen LogP) is 1.67. The lowest BCUT2D eigenvalue weighted by atomic mass is 10.4. The monoisotopic (exact) mass is 211 g/mol. The van der Waals surface area contributed by atoms with E-state index in [4.69, 9.17) is 5.73 Å². The number of nitrogens with two attached hydrogens (primary N) is 1. The van der Waals surface area contributed by atoms with Crippen LogP contribution in [0.25, 0.3) is 0 Å². The van der Waals surface area contributed by atoms with Gasteiger partial charge in [0.25, 0.3) is 0 Å². The Hall–Kier alpha value is 0.430. The molecule has 0 aromatic heterocycles. The summed E-state index contributed by atoms with van der Waals surface area (Å²) in [4.78, 5) is 0. The highest BCUT2D eigenvalue weighted by Crippen LogP contribution is 2.07. The van der Waals surface area contributed by atoms with Crippen molar-refractivity contribution in [1.29, 1.82) is 0 Å². The highest BCUT2D eigenvalue weighted by Gasteiger charge is 1.82. The third-order valence-electron chi connectivity index (χ3n) is 0.696. The first-order chi connectivity index (χ1) is 3.31. The van der Waals surface area contributed by atoms with E-state index in [1.54, 1.807) is 0 Å². The summed E-state index contributed by atoms with van der Waals surface area (Å²) in [5.74, 6) is 0. The van der Waals surface area contributed by atoms with E-state index in [-0.39, 0.29) is 0 Å². The molecule has 0 heterocycles. The van der Waals surface area contributed by atoms with Crippen LogP contribution in [-0.4, -0.2) is 6.54 Å². The summed E-state index contributed by atoms with van der Waals surface area (Å²) in [5.41, 5.74) is 5.26. The van der Waals surface area contributed by atoms with Crippen LogP contribution in [0.4, 0.5) is 0 Å². The Bertz CT molecular complexity index is 68.5. The number of hydrogen-bond donors (Lipinski definition) is 1. The van der Waals surface area contributed by atoms with Crippen LogP contribution in [0, 0.1) is 0 Å². The van der Waals surface area contributed by atoms with Crippen molar-refractivity contribution in [2.75, 3.05) is 6.54 Å². The van der Waals surface area contributed by atoms with Crippen LogP contribution in [0.2, 0.25) is 0 Å². The van der Waals surface area contributed by atoms with Gasteiger partial charge in [-0.05, 0) is 46.1 Å². The first kappa shape index (κ1) is 7.43. The molecule has 0 atom stereocenters. The van der Waals surface area contributed by atoms with Gasteiger partial charge in [0.2, 0.25) is 0 Å². The minimum Gasteiger partial charge on any atom is -0.330 e. The molecule has 0 fully saturated rings. The Morgan fingerprint density at radius 1 is 1.86 bits per heavy atom. The first-order valence-corrected chi connectivity index (χ1v) is 3.40. The molecule has 0 aliphatic rings. The zero-order chi connectivity index (χ0) is 5.70. The lowest BCUT2D eigenvalue weighted by Crippen LogP contribution is -1.96. The van der Waals surface area contributed by atoms with Crippen molar-refractivity contribution < 1.29 is 0 Å². The van der Waals surface area contributed by atoms with Crippen LogP contribution >= 0.6 is 22.6 Å². The fourth-order valence-corrected chi connectivity index (χ4v) is 0.594. The van der Waals surface area contributed by atoms with Gasteiger partial charge in [0.05, 0.1) is 0 Å². The van der Waals surface area contributed by atoms with Gasteiger partial charge >= 0.3 is 0 Å². The standard InChI is InChI=1S/C5H10IN/c1-2-5(6)3-4-7/h2H,3-4,7H2,1H3/b5-2+. The molecule has 0 aromatic carbocycles. The molecule has 1 nitrogen and oxygen atoms in total. The average Bonchev–Trinajstić information content (AvgIpc) is 1.68. The van der Waals surface area contributed by atoms with E-state index >= 15 is 0 Å². The van der Waals surface area contributed by atoms with E-state index < -0.39 is 0 Å². The fourth-order valence-electron chi connectivity index (χ4n) is 0.282. The summed E-state index contributed by atoms with van der Waals surface area (Å²) >= 11 is 2.29. The van der Waals surface area contributed by atoms with Gasteiger partial charge in [0.1, 0.15) is 0 Å². The molecule has 0 aliphatic heterocycles. The molecule has 0 aliphatic carbocycles. The van der Waals surface area contributed by atoms with Crippen LogP contribution < -0.4 is 5.73 Å². The maximum Gasteiger partial charge on any atom is -0.00324 e. The molecular formula is C5H10IN. The predicted molar refractivity (Wildman–Crippen MR) is 41.4 cm³/mol. The van der Waals surface area contributed by atoms with Gasteiger partial charge in [-0.3, -0.25) is 0 Å². The summed E-state index contributed by atoms with van der Waals surface area (Å²) in [7, 11) is 0. The molecule has 2 heteroatoms. The molecule has 0 spiro atoms. The molecule has 2 N–H and O–H groups in total. The van der Waals surface area contributed by atoms with Crippen molar-refractivity contribution >= 4 is 22.6 Å². The fraction of sp³-hybridized carbons (Fsp3) is 0.600. The molecule has 0 radical (unpaired) electrons. The summed E-state index contributed by atoms with van der Waals surface area (Å²) in [5, 5.41) is 0. The SMILES string of the molecule is C/C=C(/I)CCN. The van der Waals surface area contributed by atoms with E-state index in [1.807, 2.05) is 6.92 Å². The maximum absolute atomic E-state index is 5.26. The maximum atomic E-state index is 5.26. The number of rotatable bonds is 2. The Kier molecular flexibility index (Phi) is 4.87. The molecular weight excluding hydrogens is 201 g/mol. The molecule has 0 rings (SSSR count). The number of halogens is 1. The Morgan fingerprint density at radius 3 is 2.57 bits per heavy atom. The second-order valence-electron chi connectivity index (χ2n) is 1.27. The van der Waals surface area contributed by atoms with Gasteiger partial charge in [-0.1, -0.05) is 6.08 Å². The third-order valence-corrected chi connectivity index (χ3v) is 1.86. The van der Waals surface area contributed by atoms with Gasteiger partial charge in [0, 0.05) is 0 Å². The minimum atomic E-state index is 0.766. The van der Waals surface area contributed by atoms with Crippen molar-refractivity contribution in [2.45, 2.75) is 13.3 Å². The molecule has 0 bridgehead atoms. The Morgan fingerprint density at radius 2 is 2.43 bits per heavy atom. The van der Waals surface area contributed by atoms with Crippen LogP contribution in [0.3, 0.4) is 0 Å². The van der Waals surface area contributed by atoms with E-state index in [2.05, 4.69) is 28.7 Å². The normalized spacial score (nSPS) is 12.1. The highest BCUT2D eigenvalue weighted by atomic mass is 127. The van der Waals surface area contributed by atoms with Crippen LogP contribution in [0.15, 0.2) is 9.66 Å². The zero-order valence-corrected chi connectivity index (χ0v) is 6.60. The zero-order valence-electron chi connectivity index (χ0n) is 4.45. The van der Waals surface area contributed by atoms with Crippen LogP contribution in [0.5, 0.6) is 0 Å². The largest absolute Gasteiger partial charge is 0.330 e. The van der Waals surface area contributed by atoms with Crippen molar-refractivity contribution in [3.63, 3.8) is 0 Å². The van der Waals surface area contributed by atoms with E-state index in [0.29, 0.717) is 0 Å². The summed E-state index contributed by atoms with van der Waals surface area (Å²) < 4.78 is 1.35. The topological polar surface area (TPSA) is 26.0 Å². The Balaban J connectivity index is 3.17. The summed E-state index contributed by atoms with van der Waals surface area (Å²) in [6.45, 7) is 2.79. The lowest BCUT2D eigenvalue weighted by molar-refractivity contribution is 1.00. The molecule has 0 unspecified atom stereocenters. The minimum absolute atomic E-state index is 0.766. The number of hydrogen-bond acceptors (Lipinski definition) is 1. The third kappa shape index (κ3) is 4.28. The van der Waals surface area contributed by atoms with E-state index in [9.17, 15) is 0 Å². The molecule has 0 amide bonds. The van der Waals surface area contributed by atoms with Crippen molar-refractivity contribution in [3.8, 4) is 0 Å². The van der Waals surface area contributed by atoms with Crippen LogP contribution in [-0.2, 0) is 0 Å². The summed E-state index contributed by atoms with van der Waals surface area (Å²) in [6, 6.07) is 0. The van der Waals surface area contributed by atoms with E-state index in [1.165, 1.54) is 3.58 Å². The lowest BCUT2D eigenvalue weighted by Gasteiger charge is -1.89. The smallest absolute Gasteiger partial charge is 0.00324 e. The molecule has 7 heavy (non-hydrogen) atoms.